The first-order valence-electron chi connectivity index (χ1n) is 6.61. The third-order valence-electron chi connectivity index (χ3n) is 3.64. The molecular formula is C15H13FN4. The molecule has 4 rings (SSSR count). The van der Waals surface area contributed by atoms with Gasteiger partial charge in [-0.15, -0.1) is 0 Å². The number of rotatable bonds is 2. The lowest BCUT2D eigenvalue weighted by molar-refractivity contribution is 0.627. The van der Waals surface area contributed by atoms with E-state index in [0.29, 0.717) is 23.1 Å². The van der Waals surface area contributed by atoms with Crippen molar-refractivity contribution in [1.29, 1.82) is 0 Å². The maximum atomic E-state index is 14.1. The lowest BCUT2D eigenvalue weighted by Crippen LogP contribution is -2.00. The average Bonchev–Trinajstić information content (AvgIpc) is 3.21. The highest BCUT2D eigenvalue weighted by atomic mass is 19.1. The molecule has 20 heavy (non-hydrogen) atoms. The molecule has 2 aromatic heterocycles. The predicted octanol–water partition coefficient (Wildman–Crippen LogP) is 3.15. The summed E-state index contributed by atoms with van der Waals surface area (Å²) < 4.78 is 16.2. The molecule has 0 atom stereocenters. The Hall–Kier alpha value is -2.43. The summed E-state index contributed by atoms with van der Waals surface area (Å²) >= 11 is 0. The van der Waals surface area contributed by atoms with Crippen LogP contribution in [0.4, 0.5) is 10.1 Å². The van der Waals surface area contributed by atoms with Gasteiger partial charge in [0.2, 0.25) is 0 Å². The molecule has 0 amide bonds. The van der Waals surface area contributed by atoms with Gasteiger partial charge in [-0.3, -0.25) is 4.98 Å². The number of nitrogens with two attached hydrogens (primary N) is 1. The van der Waals surface area contributed by atoms with Gasteiger partial charge < -0.3 is 10.3 Å². The van der Waals surface area contributed by atoms with Crippen molar-refractivity contribution in [2.24, 2.45) is 0 Å². The quantitative estimate of drug-likeness (QED) is 0.726. The summed E-state index contributed by atoms with van der Waals surface area (Å²) in [6.45, 7) is 0. The van der Waals surface area contributed by atoms with E-state index in [1.807, 2.05) is 6.07 Å². The molecule has 0 spiro atoms. The Morgan fingerprint density at radius 3 is 2.90 bits per heavy atom. The molecule has 0 aliphatic heterocycles. The lowest BCUT2D eigenvalue weighted by atomic mass is 10.1. The van der Waals surface area contributed by atoms with Crippen LogP contribution in [-0.4, -0.2) is 14.5 Å². The summed E-state index contributed by atoms with van der Waals surface area (Å²) in [7, 11) is 0. The zero-order chi connectivity index (χ0) is 13.7. The standard InChI is InChI=1S/C15H13FN4/c16-12-4-1-9(17)7-11(12)15-19-13-8-18-6-5-14(13)20(15)10-2-3-10/h1,4-8,10H,2-3,17H2. The number of anilines is 1. The van der Waals surface area contributed by atoms with Crippen LogP contribution >= 0.6 is 0 Å². The molecule has 2 heterocycles. The number of aromatic nitrogens is 3. The van der Waals surface area contributed by atoms with Crippen molar-refractivity contribution in [2.75, 3.05) is 5.73 Å². The lowest BCUT2D eigenvalue weighted by Gasteiger charge is -2.09. The molecule has 1 fully saturated rings. The molecule has 1 aliphatic carbocycles. The van der Waals surface area contributed by atoms with E-state index in [2.05, 4.69) is 14.5 Å². The van der Waals surface area contributed by atoms with Gasteiger partial charge in [0.25, 0.3) is 0 Å². The first-order valence-corrected chi connectivity index (χ1v) is 6.61. The number of nitrogen functional groups attached to an aromatic ring is 1. The number of nitrogens with zero attached hydrogens (tertiary/aromatic N) is 3. The molecule has 1 aromatic carbocycles. The Bertz CT molecular complexity index is 805. The van der Waals surface area contributed by atoms with Crippen LogP contribution in [0, 0.1) is 5.82 Å². The van der Waals surface area contributed by atoms with E-state index < -0.39 is 0 Å². The fraction of sp³-hybridized carbons (Fsp3) is 0.200. The normalized spacial score (nSPS) is 14.8. The first-order chi connectivity index (χ1) is 9.74. The van der Waals surface area contributed by atoms with E-state index in [0.717, 1.165) is 23.9 Å². The second-order valence-electron chi connectivity index (χ2n) is 5.14. The van der Waals surface area contributed by atoms with Gasteiger partial charge in [-0.2, -0.15) is 0 Å². The Balaban J connectivity index is 2.03. The maximum absolute atomic E-state index is 14.1. The van der Waals surface area contributed by atoms with Crippen molar-refractivity contribution in [1.82, 2.24) is 14.5 Å². The van der Waals surface area contributed by atoms with Crippen LogP contribution in [0.3, 0.4) is 0 Å². The van der Waals surface area contributed by atoms with Gasteiger partial charge in [-0.1, -0.05) is 0 Å². The highest BCUT2D eigenvalue weighted by molar-refractivity contribution is 5.80. The van der Waals surface area contributed by atoms with Gasteiger partial charge in [0.15, 0.2) is 0 Å². The minimum absolute atomic E-state index is 0.302. The molecule has 100 valence electrons. The summed E-state index contributed by atoms with van der Waals surface area (Å²) in [6.07, 6.45) is 5.65. The zero-order valence-corrected chi connectivity index (χ0v) is 10.8. The Kier molecular flexibility index (Phi) is 2.30. The topological polar surface area (TPSA) is 56.7 Å². The molecular weight excluding hydrogens is 255 g/mol. The highest BCUT2D eigenvalue weighted by Crippen LogP contribution is 2.41. The summed E-state index contributed by atoms with van der Waals surface area (Å²) in [4.78, 5) is 8.64. The number of hydrogen-bond donors (Lipinski definition) is 1. The molecule has 5 heteroatoms. The second kappa shape index (κ2) is 4.03. The maximum Gasteiger partial charge on any atom is 0.144 e. The van der Waals surface area contributed by atoms with Crippen molar-refractivity contribution in [2.45, 2.75) is 18.9 Å². The monoisotopic (exact) mass is 268 g/mol. The zero-order valence-electron chi connectivity index (χ0n) is 10.8. The molecule has 0 radical (unpaired) electrons. The van der Waals surface area contributed by atoms with Crippen molar-refractivity contribution in [3.63, 3.8) is 0 Å². The van der Waals surface area contributed by atoms with Crippen molar-refractivity contribution in [3.8, 4) is 11.4 Å². The summed E-state index contributed by atoms with van der Waals surface area (Å²) in [5, 5.41) is 0. The molecule has 0 bridgehead atoms. The van der Waals surface area contributed by atoms with E-state index in [9.17, 15) is 4.39 Å². The van der Waals surface area contributed by atoms with Gasteiger partial charge in [-0.25, -0.2) is 9.37 Å². The third kappa shape index (κ3) is 1.66. The minimum atomic E-state index is -0.302. The predicted molar refractivity (Wildman–Crippen MR) is 75.6 cm³/mol. The molecule has 0 unspecified atom stereocenters. The number of hydrogen-bond acceptors (Lipinski definition) is 3. The van der Waals surface area contributed by atoms with Crippen LogP contribution in [0.5, 0.6) is 0 Å². The van der Waals surface area contributed by atoms with Gasteiger partial charge in [0.1, 0.15) is 17.2 Å². The fourth-order valence-electron chi connectivity index (χ4n) is 2.56. The largest absolute Gasteiger partial charge is 0.399 e. The van der Waals surface area contributed by atoms with E-state index >= 15 is 0 Å². The SMILES string of the molecule is Nc1ccc(F)c(-c2nc3cnccc3n2C2CC2)c1. The van der Waals surface area contributed by atoms with Crippen LogP contribution in [0.15, 0.2) is 36.7 Å². The van der Waals surface area contributed by atoms with Crippen molar-refractivity contribution >= 4 is 16.7 Å². The smallest absolute Gasteiger partial charge is 0.144 e. The Labute approximate surface area is 115 Å². The average molecular weight is 268 g/mol. The van der Waals surface area contributed by atoms with E-state index in [-0.39, 0.29) is 5.82 Å². The number of fused-ring (bicyclic) bond motifs is 1. The van der Waals surface area contributed by atoms with Crippen LogP contribution < -0.4 is 5.73 Å². The molecule has 4 nitrogen and oxygen atoms in total. The number of benzene rings is 1. The van der Waals surface area contributed by atoms with Gasteiger partial charge in [0, 0.05) is 17.9 Å². The van der Waals surface area contributed by atoms with Crippen LogP contribution in [0.25, 0.3) is 22.4 Å². The fourth-order valence-corrected chi connectivity index (χ4v) is 2.56. The summed E-state index contributed by atoms with van der Waals surface area (Å²) in [6, 6.07) is 6.92. The van der Waals surface area contributed by atoms with Crippen LogP contribution in [0.1, 0.15) is 18.9 Å². The third-order valence-corrected chi connectivity index (χ3v) is 3.64. The summed E-state index contributed by atoms with van der Waals surface area (Å²) in [5.41, 5.74) is 8.56. The van der Waals surface area contributed by atoms with Gasteiger partial charge in [-0.05, 0) is 37.1 Å². The van der Waals surface area contributed by atoms with Crippen molar-refractivity contribution < 1.29 is 4.39 Å². The number of pyridine rings is 1. The summed E-state index contributed by atoms with van der Waals surface area (Å²) in [5.74, 6) is 0.338. The minimum Gasteiger partial charge on any atom is -0.399 e. The Morgan fingerprint density at radius 1 is 1.25 bits per heavy atom. The molecule has 3 aromatic rings. The van der Waals surface area contributed by atoms with Crippen molar-refractivity contribution in [3.05, 3.63) is 42.5 Å². The number of halogens is 1. The molecule has 1 saturated carbocycles. The Morgan fingerprint density at radius 2 is 2.10 bits per heavy atom. The molecule has 0 saturated heterocycles. The van der Waals surface area contributed by atoms with E-state index in [4.69, 9.17) is 5.73 Å². The van der Waals surface area contributed by atoms with E-state index in [1.165, 1.54) is 6.07 Å². The first kappa shape index (κ1) is 11.4. The second-order valence-corrected chi connectivity index (χ2v) is 5.14. The number of imidazole rings is 1. The molecule has 2 N–H and O–H groups in total. The highest BCUT2D eigenvalue weighted by Gasteiger charge is 2.29. The van der Waals surface area contributed by atoms with Crippen LogP contribution in [0.2, 0.25) is 0 Å². The van der Waals surface area contributed by atoms with Crippen LogP contribution in [-0.2, 0) is 0 Å². The van der Waals surface area contributed by atoms with Gasteiger partial charge >= 0.3 is 0 Å². The van der Waals surface area contributed by atoms with E-state index in [1.54, 1.807) is 24.5 Å². The molecule has 1 aliphatic rings. The van der Waals surface area contributed by atoms with Gasteiger partial charge in [0.05, 0.1) is 17.3 Å².